The Labute approximate surface area is 112 Å². The first-order valence-corrected chi connectivity index (χ1v) is 5.25. The molecule has 1 rings (SSSR count). The molecule has 0 fully saturated rings. The van der Waals surface area contributed by atoms with Gasteiger partial charge in [0.1, 0.15) is 0 Å². The van der Waals surface area contributed by atoms with Gasteiger partial charge in [-0.15, -0.1) is 0 Å². The van der Waals surface area contributed by atoms with Crippen LogP contribution < -0.4 is 17.3 Å². The molecule has 0 saturated heterocycles. The lowest BCUT2D eigenvalue weighted by Gasteiger charge is -2.01. The zero-order valence-corrected chi connectivity index (χ0v) is 11.0. The predicted molar refractivity (Wildman–Crippen MR) is 64.2 cm³/mol. The molecule has 5 nitrogen and oxygen atoms in total. The second-order valence-electron chi connectivity index (χ2n) is 3.95. The SMILES string of the molecule is C[NH+](C)C/C=C/C(=O)c1ccccc1[N+](=O)[O-].[Cl-]. The number of carbonyl (C=O) groups is 1. The summed E-state index contributed by atoms with van der Waals surface area (Å²) in [5.74, 6) is -0.335. The number of carbonyl (C=O) groups excluding carboxylic acids is 1. The molecule has 6 heteroatoms. The maximum atomic E-state index is 11.8. The highest BCUT2D eigenvalue weighted by Crippen LogP contribution is 2.18. The number of quaternary nitrogens is 1. The monoisotopic (exact) mass is 270 g/mol. The van der Waals surface area contributed by atoms with E-state index in [1.54, 1.807) is 18.2 Å². The summed E-state index contributed by atoms with van der Waals surface area (Å²) in [4.78, 5) is 23.1. The molecule has 0 aliphatic heterocycles. The Morgan fingerprint density at radius 1 is 1.39 bits per heavy atom. The number of halogens is 1. The van der Waals surface area contributed by atoms with Gasteiger partial charge in [-0.1, -0.05) is 12.1 Å². The lowest BCUT2D eigenvalue weighted by Crippen LogP contribution is -3.05. The lowest BCUT2D eigenvalue weighted by molar-refractivity contribution is -0.851. The molecule has 1 aromatic carbocycles. The minimum absolute atomic E-state index is 0. The maximum absolute atomic E-state index is 11.8. The molecule has 0 aliphatic carbocycles. The van der Waals surface area contributed by atoms with Crippen LogP contribution in [0.4, 0.5) is 5.69 Å². The van der Waals surface area contributed by atoms with Crippen molar-refractivity contribution >= 4 is 11.5 Å². The first kappa shape index (κ1) is 16.3. The van der Waals surface area contributed by atoms with Crippen molar-refractivity contribution in [2.45, 2.75) is 0 Å². The average Bonchev–Trinajstić information content (AvgIpc) is 2.28. The summed E-state index contributed by atoms with van der Waals surface area (Å²) in [5, 5.41) is 10.7. The molecule has 0 bridgehead atoms. The van der Waals surface area contributed by atoms with Gasteiger partial charge in [-0.3, -0.25) is 14.9 Å². The summed E-state index contributed by atoms with van der Waals surface area (Å²) in [6.07, 6.45) is 3.10. The molecule has 0 spiro atoms. The van der Waals surface area contributed by atoms with Crippen LogP contribution >= 0.6 is 0 Å². The van der Waals surface area contributed by atoms with Crippen molar-refractivity contribution in [3.05, 3.63) is 52.1 Å². The molecule has 0 atom stereocenters. The Hall–Kier alpha value is -1.72. The van der Waals surface area contributed by atoms with Gasteiger partial charge in [0.25, 0.3) is 5.69 Å². The molecular formula is C12H15ClN2O3. The van der Waals surface area contributed by atoms with Crippen LogP contribution in [0.5, 0.6) is 0 Å². The summed E-state index contributed by atoms with van der Waals surface area (Å²) in [7, 11) is 3.92. The molecule has 0 aliphatic rings. The molecule has 0 radical (unpaired) electrons. The molecule has 0 saturated carbocycles. The second-order valence-corrected chi connectivity index (χ2v) is 3.95. The normalized spacial score (nSPS) is 10.4. The topological polar surface area (TPSA) is 64.7 Å². The standard InChI is InChI=1S/C12H14N2O3.ClH/c1-13(2)9-5-8-12(15)10-6-3-4-7-11(10)14(16)17;/h3-8H,9H2,1-2H3;1H/b8-5+;. The Morgan fingerprint density at radius 3 is 2.56 bits per heavy atom. The van der Waals surface area contributed by atoms with Crippen molar-refractivity contribution in [2.24, 2.45) is 0 Å². The van der Waals surface area contributed by atoms with Crippen LogP contribution in [0, 0.1) is 10.1 Å². The van der Waals surface area contributed by atoms with Gasteiger partial charge in [-0.25, -0.2) is 0 Å². The highest BCUT2D eigenvalue weighted by Gasteiger charge is 2.16. The second kappa shape index (κ2) is 7.58. The van der Waals surface area contributed by atoms with Crippen molar-refractivity contribution in [1.29, 1.82) is 0 Å². The van der Waals surface area contributed by atoms with Crippen LogP contribution in [0.15, 0.2) is 36.4 Å². The number of hydrogen-bond acceptors (Lipinski definition) is 3. The minimum atomic E-state index is -0.543. The summed E-state index contributed by atoms with van der Waals surface area (Å²) >= 11 is 0. The first-order valence-electron chi connectivity index (χ1n) is 5.25. The molecular weight excluding hydrogens is 256 g/mol. The van der Waals surface area contributed by atoms with E-state index in [4.69, 9.17) is 0 Å². The van der Waals surface area contributed by atoms with Gasteiger partial charge < -0.3 is 17.3 Å². The van der Waals surface area contributed by atoms with E-state index in [9.17, 15) is 14.9 Å². The fraction of sp³-hybridized carbons (Fsp3) is 0.250. The van der Waals surface area contributed by atoms with Crippen LogP contribution in [0.1, 0.15) is 10.4 Å². The molecule has 0 unspecified atom stereocenters. The summed E-state index contributed by atoms with van der Waals surface area (Å²) in [5.41, 5.74) is -0.0261. The van der Waals surface area contributed by atoms with E-state index in [0.717, 1.165) is 0 Å². The van der Waals surface area contributed by atoms with Gasteiger partial charge in [0.2, 0.25) is 0 Å². The van der Waals surface area contributed by atoms with E-state index in [-0.39, 0.29) is 29.4 Å². The Kier molecular flexibility index (Phi) is 6.85. The van der Waals surface area contributed by atoms with Crippen molar-refractivity contribution in [2.75, 3.05) is 20.6 Å². The number of hydrogen-bond donors (Lipinski definition) is 1. The fourth-order valence-corrected chi connectivity index (χ4v) is 1.33. The van der Waals surface area contributed by atoms with Crippen LogP contribution in [0.3, 0.4) is 0 Å². The molecule has 0 heterocycles. The van der Waals surface area contributed by atoms with Crippen LogP contribution in [-0.4, -0.2) is 31.3 Å². The number of rotatable bonds is 5. The van der Waals surface area contributed by atoms with Gasteiger partial charge >= 0.3 is 0 Å². The molecule has 1 aromatic rings. The third-order valence-corrected chi connectivity index (χ3v) is 2.16. The zero-order chi connectivity index (χ0) is 12.8. The van der Waals surface area contributed by atoms with Crippen LogP contribution in [-0.2, 0) is 0 Å². The van der Waals surface area contributed by atoms with E-state index < -0.39 is 4.92 Å². The lowest BCUT2D eigenvalue weighted by atomic mass is 10.1. The third kappa shape index (κ3) is 4.65. The summed E-state index contributed by atoms with van der Waals surface area (Å²) < 4.78 is 0. The molecule has 0 amide bonds. The van der Waals surface area contributed by atoms with Gasteiger partial charge in [0.05, 0.1) is 31.1 Å². The summed E-state index contributed by atoms with van der Waals surface area (Å²) in [6.45, 7) is 0.701. The number of nitro benzene ring substituents is 1. The van der Waals surface area contributed by atoms with E-state index in [1.807, 2.05) is 14.1 Å². The van der Waals surface area contributed by atoms with Gasteiger partial charge in [0.15, 0.2) is 5.78 Å². The highest BCUT2D eigenvalue weighted by atomic mass is 35.5. The number of ketones is 1. The van der Waals surface area contributed by atoms with Crippen LogP contribution in [0.2, 0.25) is 0 Å². The number of benzene rings is 1. The largest absolute Gasteiger partial charge is 1.00 e. The van der Waals surface area contributed by atoms with Gasteiger partial charge in [0, 0.05) is 6.07 Å². The third-order valence-electron chi connectivity index (χ3n) is 2.16. The zero-order valence-electron chi connectivity index (χ0n) is 10.2. The van der Waals surface area contributed by atoms with Crippen molar-refractivity contribution in [3.8, 4) is 0 Å². The molecule has 98 valence electrons. The fourth-order valence-electron chi connectivity index (χ4n) is 1.33. The molecule has 18 heavy (non-hydrogen) atoms. The predicted octanol–water partition coefficient (Wildman–Crippen LogP) is -2.52. The van der Waals surface area contributed by atoms with Gasteiger partial charge in [-0.05, 0) is 18.2 Å². The number of para-hydroxylation sites is 1. The first-order chi connectivity index (χ1) is 8.02. The number of nitrogens with zero attached hydrogens (tertiary/aromatic N) is 1. The Balaban J connectivity index is 0.00000289. The van der Waals surface area contributed by atoms with E-state index >= 15 is 0 Å². The van der Waals surface area contributed by atoms with Crippen LogP contribution in [0.25, 0.3) is 0 Å². The summed E-state index contributed by atoms with van der Waals surface area (Å²) in [6, 6.07) is 5.96. The number of likely N-dealkylation sites (N-methyl/N-ethyl adjacent to an activating group) is 1. The van der Waals surface area contributed by atoms with E-state index in [2.05, 4.69) is 0 Å². The van der Waals surface area contributed by atoms with Crippen molar-refractivity contribution < 1.29 is 27.0 Å². The number of nitrogens with one attached hydrogen (secondary N) is 1. The number of allylic oxidation sites excluding steroid dienone is 1. The quantitative estimate of drug-likeness (QED) is 0.278. The maximum Gasteiger partial charge on any atom is 0.280 e. The average molecular weight is 271 g/mol. The van der Waals surface area contributed by atoms with E-state index in [0.29, 0.717) is 6.54 Å². The van der Waals surface area contributed by atoms with Crippen molar-refractivity contribution in [3.63, 3.8) is 0 Å². The highest BCUT2D eigenvalue weighted by molar-refractivity contribution is 6.07. The Bertz CT molecular complexity index is 458. The molecule has 0 aromatic heterocycles. The van der Waals surface area contributed by atoms with E-state index in [1.165, 1.54) is 23.1 Å². The Morgan fingerprint density at radius 2 is 2.00 bits per heavy atom. The number of nitro groups is 1. The smallest absolute Gasteiger partial charge is 0.280 e. The van der Waals surface area contributed by atoms with Gasteiger partial charge in [-0.2, -0.15) is 0 Å². The minimum Gasteiger partial charge on any atom is -1.00 e. The van der Waals surface area contributed by atoms with Crippen molar-refractivity contribution in [1.82, 2.24) is 0 Å². The molecule has 1 N–H and O–H groups in total.